The van der Waals surface area contributed by atoms with Gasteiger partial charge in [-0.15, -0.1) is 0 Å². The van der Waals surface area contributed by atoms with E-state index >= 15 is 0 Å². The van der Waals surface area contributed by atoms with E-state index in [-0.39, 0.29) is 11.5 Å². The van der Waals surface area contributed by atoms with E-state index in [1.54, 1.807) is 23.1 Å². The Bertz CT molecular complexity index is 629. The summed E-state index contributed by atoms with van der Waals surface area (Å²) in [5, 5.41) is 12.9. The minimum absolute atomic E-state index is 0.0607. The summed E-state index contributed by atoms with van der Waals surface area (Å²) >= 11 is 12.0. The lowest BCUT2D eigenvalue weighted by molar-refractivity contribution is -0.128. The molecule has 0 atom stereocenters. The number of hydrogen-bond acceptors (Lipinski definition) is 3. The fraction of sp³-hybridized carbons (Fsp3) is 0.375. The summed E-state index contributed by atoms with van der Waals surface area (Å²) in [6.45, 7) is 3.56. The number of halogens is 2. The van der Waals surface area contributed by atoms with Gasteiger partial charge in [-0.05, 0) is 30.9 Å². The van der Waals surface area contributed by atoms with E-state index in [1.807, 2.05) is 6.07 Å². The second-order valence-electron chi connectivity index (χ2n) is 5.39. The molecule has 116 valence electrons. The molecule has 0 radical (unpaired) electrons. The van der Waals surface area contributed by atoms with Crippen LogP contribution in [-0.4, -0.2) is 23.9 Å². The van der Waals surface area contributed by atoms with Crippen molar-refractivity contribution in [2.24, 2.45) is 5.92 Å². The summed E-state index contributed by atoms with van der Waals surface area (Å²) in [4.78, 5) is 14.1. The van der Waals surface area contributed by atoms with Crippen LogP contribution in [0.5, 0.6) is 0 Å². The fourth-order valence-corrected chi connectivity index (χ4v) is 2.64. The lowest BCUT2D eigenvalue weighted by Crippen LogP contribution is -2.38. The van der Waals surface area contributed by atoms with Crippen molar-refractivity contribution in [3.63, 3.8) is 0 Å². The van der Waals surface area contributed by atoms with Gasteiger partial charge in [0.1, 0.15) is 11.6 Å². The number of carbonyl (C=O) groups is 1. The number of nitriles is 1. The summed E-state index contributed by atoms with van der Waals surface area (Å²) in [5.74, 6) is 0.377. The van der Waals surface area contributed by atoms with Gasteiger partial charge < -0.3 is 10.2 Å². The first-order valence-corrected chi connectivity index (χ1v) is 7.88. The summed E-state index contributed by atoms with van der Waals surface area (Å²) in [7, 11) is 0. The van der Waals surface area contributed by atoms with Crippen molar-refractivity contribution in [1.82, 2.24) is 4.90 Å². The predicted molar refractivity (Wildman–Crippen MR) is 88.8 cm³/mol. The third-order valence-corrected chi connectivity index (χ3v) is 4.56. The molecule has 0 aliphatic carbocycles. The number of likely N-dealkylation sites (tertiary alicyclic amines) is 1. The van der Waals surface area contributed by atoms with Crippen molar-refractivity contribution in [1.29, 1.82) is 5.26 Å². The Morgan fingerprint density at radius 2 is 2.09 bits per heavy atom. The first-order valence-electron chi connectivity index (χ1n) is 7.13. The highest BCUT2D eigenvalue weighted by Gasteiger charge is 2.23. The largest absolute Gasteiger partial charge is 0.359 e. The van der Waals surface area contributed by atoms with Crippen LogP contribution in [0.2, 0.25) is 10.0 Å². The number of nitrogens with zero attached hydrogens (tertiary/aromatic N) is 2. The zero-order valence-electron chi connectivity index (χ0n) is 12.3. The van der Waals surface area contributed by atoms with Crippen LogP contribution in [0, 0.1) is 17.2 Å². The van der Waals surface area contributed by atoms with Crippen molar-refractivity contribution in [3.8, 4) is 6.07 Å². The van der Waals surface area contributed by atoms with Gasteiger partial charge in [-0.2, -0.15) is 5.26 Å². The quantitative estimate of drug-likeness (QED) is 0.668. The van der Waals surface area contributed by atoms with Crippen molar-refractivity contribution in [2.75, 3.05) is 18.4 Å². The maximum absolute atomic E-state index is 12.3. The van der Waals surface area contributed by atoms with Gasteiger partial charge in [0.25, 0.3) is 5.91 Å². The molecule has 1 aromatic carbocycles. The Balaban J connectivity index is 2.09. The molecule has 1 amide bonds. The first-order chi connectivity index (χ1) is 10.5. The number of hydrogen-bond donors (Lipinski definition) is 1. The smallest absolute Gasteiger partial charge is 0.266 e. The summed E-state index contributed by atoms with van der Waals surface area (Å²) in [5.41, 5.74) is 0.618. The maximum atomic E-state index is 12.3. The molecular formula is C16H17Cl2N3O. The highest BCUT2D eigenvalue weighted by atomic mass is 35.5. The van der Waals surface area contributed by atoms with Crippen LogP contribution >= 0.6 is 23.2 Å². The van der Waals surface area contributed by atoms with E-state index in [0.29, 0.717) is 34.7 Å². The molecule has 1 heterocycles. The van der Waals surface area contributed by atoms with Gasteiger partial charge in [-0.25, -0.2) is 0 Å². The average Bonchev–Trinajstić information content (AvgIpc) is 2.52. The molecule has 2 rings (SSSR count). The average molecular weight is 338 g/mol. The normalized spacial score (nSPS) is 16.3. The van der Waals surface area contributed by atoms with Crippen LogP contribution in [0.3, 0.4) is 0 Å². The van der Waals surface area contributed by atoms with E-state index < -0.39 is 0 Å². The Labute approximate surface area is 140 Å². The maximum Gasteiger partial charge on any atom is 0.266 e. The summed E-state index contributed by atoms with van der Waals surface area (Å²) in [6, 6.07) is 7.09. The molecule has 0 unspecified atom stereocenters. The number of piperidine rings is 1. The summed E-state index contributed by atoms with van der Waals surface area (Å²) in [6.07, 6.45) is 3.33. The topological polar surface area (TPSA) is 56.1 Å². The Morgan fingerprint density at radius 3 is 2.73 bits per heavy atom. The highest BCUT2D eigenvalue weighted by molar-refractivity contribution is 6.43. The number of nitrogens with one attached hydrogen (secondary N) is 1. The van der Waals surface area contributed by atoms with Gasteiger partial charge >= 0.3 is 0 Å². The van der Waals surface area contributed by atoms with E-state index in [9.17, 15) is 10.1 Å². The number of carbonyl (C=O) groups excluding carboxylic acids is 1. The van der Waals surface area contributed by atoms with Crippen molar-refractivity contribution >= 4 is 34.8 Å². The van der Waals surface area contributed by atoms with Crippen molar-refractivity contribution < 1.29 is 4.79 Å². The fourth-order valence-electron chi connectivity index (χ4n) is 2.29. The van der Waals surface area contributed by atoms with Crippen LogP contribution in [0.1, 0.15) is 19.8 Å². The minimum Gasteiger partial charge on any atom is -0.359 e. The lowest BCUT2D eigenvalue weighted by atomic mass is 9.99. The van der Waals surface area contributed by atoms with E-state index in [4.69, 9.17) is 23.2 Å². The molecule has 0 bridgehead atoms. The van der Waals surface area contributed by atoms with Crippen molar-refractivity contribution in [3.05, 3.63) is 40.0 Å². The third kappa shape index (κ3) is 3.94. The number of benzene rings is 1. The Kier molecular flexibility index (Phi) is 5.70. The zero-order chi connectivity index (χ0) is 16.1. The molecule has 0 saturated carbocycles. The van der Waals surface area contributed by atoms with Gasteiger partial charge in [0.15, 0.2) is 0 Å². The molecule has 1 fully saturated rings. The molecule has 4 nitrogen and oxygen atoms in total. The van der Waals surface area contributed by atoms with Crippen LogP contribution in [0.25, 0.3) is 0 Å². The number of rotatable bonds is 3. The van der Waals surface area contributed by atoms with Gasteiger partial charge in [0.2, 0.25) is 0 Å². The third-order valence-electron chi connectivity index (χ3n) is 3.75. The minimum atomic E-state index is -0.250. The molecule has 1 aromatic rings. The number of amides is 1. The molecule has 1 aliphatic heterocycles. The SMILES string of the molecule is CC1CCN(C(=O)/C(C#N)=C\Nc2cccc(Cl)c2Cl)CC1. The van der Waals surface area contributed by atoms with Gasteiger partial charge in [0, 0.05) is 19.3 Å². The molecule has 0 aromatic heterocycles. The predicted octanol–water partition coefficient (Wildman–Crippen LogP) is 4.07. The highest BCUT2D eigenvalue weighted by Crippen LogP contribution is 2.29. The summed E-state index contributed by atoms with van der Waals surface area (Å²) < 4.78 is 0. The van der Waals surface area contributed by atoms with Crippen LogP contribution < -0.4 is 5.32 Å². The first kappa shape index (κ1) is 16.7. The molecule has 0 spiro atoms. The van der Waals surface area contributed by atoms with E-state index in [1.165, 1.54) is 6.20 Å². The van der Waals surface area contributed by atoms with Gasteiger partial charge in [0.05, 0.1) is 15.7 Å². The molecular weight excluding hydrogens is 321 g/mol. The second kappa shape index (κ2) is 7.53. The molecule has 22 heavy (non-hydrogen) atoms. The zero-order valence-corrected chi connectivity index (χ0v) is 13.8. The Hall–Kier alpha value is -1.70. The lowest BCUT2D eigenvalue weighted by Gasteiger charge is -2.30. The van der Waals surface area contributed by atoms with E-state index in [0.717, 1.165) is 12.8 Å². The van der Waals surface area contributed by atoms with Crippen molar-refractivity contribution in [2.45, 2.75) is 19.8 Å². The monoisotopic (exact) mass is 337 g/mol. The second-order valence-corrected chi connectivity index (χ2v) is 6.18. The van der Waals surface area contributed by atoms with Gasteiger partial charge in [-0.1, -0.05) is 36.2 Å². The van der Waals surface area contributed by atoms with Crippen LogP contribution in [-0.2, 0) is 4.79 Å². The molecule has 1 N–H and O–H groups in total. The molecule has 6 heteroatoms. The van der Waals surface area contributed by atoms with E-state index in [2.05, 4.69) is 12.2 Å². The van der Waals surface area contributed by atoms with Crippen LogP contribution in [0.15, 0.2) is 30.0 Å². The molecule has 1 saturated heterocycles. The Morgan fingerprint density at radius 1 is 1.41 bits per heavy atom. The van der Waals surface area contributed by atoms with Crippen LogP contribution in [0.4, 0.5) is 5.69 Å². The standard InChI is InChI=1S/C16H17Cl2N3O/c1-11-5-7-21(8-6-11)16(22)12(9-19)10-20-14-4-2-3-13(17)15(14)18/h2-4,10-11,20H,5-8H2,1H3/b12-10-. The van der Waals surface area contributed by atoms with Gasteiger partial charge in [-0.3, -0.25) is 4.79 Å². The molecule has 1 aliphatic rings. The number of anilines is 1.